The van der Waals surface area contributed by atoms with E-state index in [0.29, 0.717) is 19.4 Å². The third-order valence-electron chi connectivity index (χ3n) is 4.76. The van der Waals surface area contributed by atoms with Gasteiger partial charge in [-0.2, -0.15) is 13.2 Å². The van der Waals surface area contributed by atoms with Gasteiger partial charge in [-0.15, -0.1) is 0 Å². The molecule has 1 saturated carbocycles. The van der Waals surface area contributed by atoms with E-state index in [1.54, 1.807) is 0 Å². The number of carbonyl (C=O) groups is 2. The molecule has 1 heterocycles. The van der Waals surface area contributed by atoms with Crippen LogP contribution in [0.2, 0.25) is 0 Å². The maximum Gasteiger partial charge on any atom is 0.389 e. The van der Waals surface area contributed by atoms with Crippen molar-refractivity contribution < 1.29 is 27.9 Å². The molecule has 24 heavy (non-hydrogen) atoms. The summed E-state index contributed by atoms with van der Waals surface area (Å²) in [6.07, 6.45) is -3.76. The molecule has 1 aliphatic heterocycles. The van der Waals surface area contributed by atoms with Crippen molar-refractivity contribution in [2.24, 2.45) is 5.41 Å². The number of hydrogen-bond acceptors (Lipinski definition) is 3. The van der Waals surface area contributed by atoms with Crippen molar-refractivity contribution in [1.29, 1.82) is 0 Å². The number of amides is 2. The van der Waals surface area contributed by atoms with E-state index in [1.165, 1.54) is 11.8 Å². The first kappa shape index (κ1) is 18.8. The summed E-state index contributed by atoms with van der Waals surface area (Å²) in [4.78, 5) is 26.0. The number of alkyl halides is 3. The zero-order chi connectivity index (χ0) is 18.1. The van der Waals surface area contributed by atoms with Crippen LogP contribution in [0, 0.1) is 5.41 Å². The van der Waals surface area contributed by atoms with Gasteiger partial charge < -0.3 is 15.3 Å². The Morgan fingerprint density at radius 2 is 1.92 bits per heavy atom. The summed E-state index contributed by atoms with van der Waals surface area (Å²) in [6.45, 7) is 4.23. The van der Waals surface area contributed by atoms with Crippen LogP contribution in [0.1, 0.15) is 33.1 Å². The quantitative estimate of drug-likeness (QED) is 0.767. The number of aliphatic carboxylic acids is 1. The highest BCUT2D eigenvalue weighted by Gasteiger charge is 2.49. The van der Waals surface area contributed by atoms with Crippen LogP contribution < -0.4 is 5.32 Å². The van der Waals surface area contributed by atoms with E-state index in [9.17, 15) is 22.8 Å². The van der Waals surface area contributed by atoms with Crippen LogP contribution in [0.25, 0.3) is 0 Å². The molecule has 0 bridgehead atoms. The largest absolute Gasteiger partial charge is 0.480 e. The highest BCUT2D eigenvalue weighted by Crippen LogP contribution is 2.40. The van der Waals surface area contributed by atoms with Crippen LogP contribution in [0.3, 0.4) is 0 Å². The Balaban J connectivity index is 1.70. The standard InChI is InChI=1S/C15H24F3N3O3/c1-3-20(6-12(22)23)11-4-10(5-11)19-13(24)21-8-14(2,9-21)7-15(16,17)18/h10-11H,3-9H2,1-2H3,(H,19,24)(H,22,23). The van der Waals surface area contributed by atoms with Crippen molar-refractivity contribution in [3.05, 3.63) is 0 Å². The molecular formula is C15H24F3N3O3. The van der Waals surface area contributed by atoms with Crippen molar-refractivity contribution in [3.63, 3.8) is 0 Å². The Morgan fingerprint density at radius 3 is 2.38 bits per heavy atom. The van der Waals surface area contributed by atoms with E-state index >= 15 is 0 Å². The summed E-state index contributed by atoms with van der Waals surface area (Å²) < 4.78 is 37.4. The van der Waals surface area contributed by atoms with Crippen molar-refractivity contribution in [1.82, 2.24) is 15.1 Å². The van der Waals surface area contributed by atoms with E-state index in [2.05, 4.69) is 5.32 Å². The van der Waals surface area contributed by atoms with Crippen LogP contribution in [0.15, 0.2) is 0 Å². The Hall–Kier alpha value is -1.51. The van der Waals surface area contributed by atoms with Crippen LogP contribution >= 0.6 is 0 Å². The fourth-order valence-corrected chi connectivity index (χ4v) is 3.56. The smallest absolute Gasteiger partial charge is 0.389 e. The zero-order valence-electron chi connectivity index (χ0n) is 13.9. The molecule has 2 aliphatic rings. The highest BCUT2D eigenvalue weighted by molar-refractivity contribution is 5.75. The molecule has 6 nitrogen and oxygen atoms in total. The zero-order valence-corrected chi connectivity index (χ0v) is 13.9. The van der Waals surface area contributed by atoms with Gasteiger partial charge in [0.05, 0.1) is 13.0 Å². The topological polar surface area (TPSA) is 72.9 Å². The molecule has 0 aromatic carbocycles. The Morgan fingerprint density at radius 1 is 1.33 bits per heavy atom. The van der Waals surface area contributed by atoms with Crippen molar-refractivity contribution in [2.75, 3.05) is 26.2 Å². The molecule has 2 N–H and O–H groups in total. The molecule has 138 valence electrons. The van der Waals surface area contributed by atoms with Gasteiger partial charge in [0.15, 0.2) is 0 Å². The second kappa shape index (κ2) is 6.78. The third-order valence-corrected chi connectivity index (χ3v) is 4.76. The number of rotatable bonds is 6. The van der Waals surface area contributed by atoms with Crippen molar-refractivity contribution in [3.8, 4) is 0 Å². The van der Waals surface area contributed by atoms with Gasteiger partial charge in [0.2, 0.25) is 0 Å². The molecular weight excluding hydrogens is 327 g/mol. The number of carboxylic acids is 1. The fraction of sp³-hybridized carbons (Fsp3) is 0.867. The molecule has 2 amide bonds. The lowest BCUT2D eigenvalue weighted by Gasteiger charge is -2.49. The molecule has 0 unspecified atom stereocenters. The molecule has 0 atom stereocenters. The second-order valence-electron chi connectivity index (χ2n) is 7.19. The molecule has 2 fully saturated rings. The van der Waals surface area contributed by atoms with Gasteiger partial charge in [0, 0.05) is 30.6 Å². The molecule has 9 heteroatoms. The van der Waals surface area contributed by atoms with Gasteiger partial charge >= 0.3 is 18.2 Å². The minimum Gasteiger partial charge on any atom is -0.480 e. The first-order valence-corrected chi connectivity index (χ1v) is 8.09. The lowest BCUT2D eigenvalue weighted by Crippen LogP contribution is -2.63. The van der Waals surface area contributed by atoms with Gasteiger partial charge in [0.25, 0.3) is 0 Å². The SMILES string of the molecule is CCN(CC(=O)O)C1CC(NC(=O)N2CC(C)(CC(F)(F)F)C2)C1. The minimum atomic E-state index is -4.22. The molecule has 0 spiro atoms. The average Bonchev–Trinajstić information content (AvgIpc) is 2.34. The van der Waals surface area contributed by atoms with Gasteiger partial charge in [0.1, 0.15) is 0 Å². The number of likely N-dealkylation sites (N-methyl/N-ethyl adjacent to an activating group) is 1. The summed E-state index contributed by atoms with van der Waals surface area (Å²) in [6, 6.07) is -0.248. The van der Waals surface area contributed by atoms with E-state index in [-0.39, 0.29) is 37.7 Å². The van der Waals surface area contributed by atoms with Gasteiger partial charge in [-0.1, -0.05) is 13.8 Å². The van der Waals surface area contributed by atoms with Gasteiger partial charge in [-0.25, -0.2) is 4.79 Å². The Kier molecular flexibility index (Phi) is 5.31. The van der Waals surface area contributed by atoms with Crippen LogP contribution in [-0.2, 0) is 4.79 Å². The number of likely N-dealkylation sites (tertiary alicyclic amines) is 1. The van der Waals surface area contributed by atoms with E-state index in [1.807, 2.05) is 11.8 Å². The predicted molar refractivity (Wildman–Crippen MR) is 80.6 cm³/mol. The van der Waals surface area contributed by atoms with Crippen LogP contribution in [-0.4, -0.2) is 71.3 Å². The molecule has 1 aliphatic carbocycles. The number of nitrogens with zero attached hydrogens (tertiary/aromatic N) is 2. The fourth-order valence-electron chi connectivity index (χ4n) is 3.56. The molecule has 0 aromatic heterocycles. The number of carboxylic acid groups (broad SMARTS) is 1. The third kappa shape index (κ3) is 4.75. The Labute approximate surface area is 139 Å². The first-order chi connectivity index (χ1) is 11.0. The number of halogens is 3. The maximum absolute atomic E-state index is 12.5. The molecule has 0 radical (unpaired) electrons. The summed E-state index contributed by atoms with van der Waals surface area (Å²) in [5.41, 5.74) is -0.891. The average molecular weight is 351 g/mol. The summed E-state index contributed by atoms with van der Waals surface area (Å²) >= 11 is 0. The molecule has 1 saturated heterocycles. The normalized spacial score (nSPS) is 25.8. The Bertz CT molecular complexity index is 486. The van der Waals surface area contributed by atoms with Crippen molar-refractivity contribution in [2.45, 2.75) is 51.4 Å². The number of carbonyl (C=O) groups excluding carboxylic acids is 1. The lowest BCUT2D eigenvalue weighted by molar-refractivity contribution is -0.172. The van der Waals surface area contributed by atoms with Gasteiger partial charge in [-0.3, -0.25) is 9.69 Å². The molecule has 0 aromatic rings. The van der Waals surface area contributed by atoms with Crippen molar-refractivity contribution >= 4 is 12.0 Å². The monoisotopic (exact) mass is 351 g/mol. The highest BCUT2D eigenvalue weighted by atomic mass is 19.4. The minimum absolute atomic E-state index is 0.0241. The van der Waals surface area contributed by atoms with Crippen LogP contribution in [0.5, 0.6) is 0 Å². The number of urea groups is 1. The van der Waals surface area contributed by atoms with Gasteiger partial charge in [-0.05, 0) is 19.4 Å². The van der Waals surface area contributed by atoms with Crippen LogP contribution in [0.4, 0.5) is 18.0 Å². The van der Waals surface area contributed by atoms with E-state index < -0.39 is 24.0 Å². The second-order valence-corrected chi connectivity index (χ2v) is 7.19. The summed E-state index contributed by atoms with van der Waals surface area (Å²) in [5.74, 6) is -0.881. The lowest BCUT2D eigenvalue weighted by atomic mass is 9.78. The number of hydrogen-bond donors (Lipinski definition) is 2. The summed E-state index contributed by atoms with van der Waals surface area (Å²) in [5, 5.41) is 11.7. The maximum atomic E-state index is 12.5. The van der Waals surface area contributed by atoms with E-state index in [0.717, 1.165) is 0 Å². The van der Waals surface area contributed by atoms with E-state index in [4.69, 9.17) is 5.11 Å². The summed E-state index contributed by atoms with van der Waals surface area (Å²) in [7, 11) is 0. The predicted octanol–water partition coefficient (Wildman–Crippen LogP) is 1.91. The first-order valence-electron chi connectivity index (χ1n) is 8.09. The molecule has 2 rings (SSSR count). The number of nitrogens with one attached hydrogen (secondary N) is 1.